The van der Waals surface area contributed by atoms with E-state index in [1.54, 1.807) is 0 Å². The standard InChI is InChI=1S/C25H26N2O2/c1-29-24(28)17-22(21-8-5-9-23(16-21)25(26)27)15-12-18-10-13-20(14-11-18)19-6-3-2-4-7-19/h2-11,13-14,16,22H,12,15,17H2,1H3,(H3,26,27). The summed E-state index contributed by atoms with van der Waals surface area (Å²) >= 11 is 0. The summed E-state index contributed by atoms with van der Waals surface area (Å²) in [5.74, 6) is -0.196. The Hall–Kier alpha value is -3.40. The van der Waals surface area contributed by atoms with Crippen LogP contribution in [0.5, 0.6) is 0 Å². The highest BCUT2D eigenvalue weighted by atomic mass is 16.5. The summed E-state index contributed by atoms with van der Waals surface area (Å²) in [6.45, 7) is 0. The molecule has 0 aromatic heterocycles. The van der Waals surface area contributed by atoms with Crippen molar-refractivity contribution >= 4 is 11.8 Å². The Morgan fingerprint density at radius 1 is 0.966 bits per heavy atom. The van der Waals surface area contributed by atoms with Crippen LogP contribution in [-0.4, -0.2) is 18.9 Å². The molecule has 0 aliphatic rings. The number of carbonyl (C=O) groups excluding carboxylic acids is 1. The molecule has 148 valence electrons. The van der Waals surface area contributed by atoms with Gasteiger partial charge in [0.25, 0.3) is 0 Å². The lowest BCUT2D eigenvalue weighted by molar-refractivity contribution is -0.141. The minimum absolute atomic E-state index is 0.00977. The molecule has 0 radical (unpaired) electrons. The second-order valence-corrected chi connectivity index (χ2v) is 7.12. The van der Waals surface area contributed by atoms with E-state index in [1.165, 1.54) is 23.8 Å². The number of nitrogen functional groups attached to an aromatic ring is 1. The average Bonchev–Trinajstić information content (AvgIpc) is 2.77. The van der Waals surface area contributed by atoms with E-state index >= 15 is 0 Å². The number of hydrogen-bond donors (Lipinski definition) is 2. The molecule has 4 heteroatoms. The summed E-state index contributed by atoms with van der Waals surface area (Å²) in [4.78, 5) is 11.9. The highest BCUT2D eigenvalue weighted by Gasteiger charge is 2.17. The maximum atomic E-state index is 11.9. The summed E-state index contributed by atoms with van der Waals surface area (Å²) in [5, 5.41) is 7.66. The average molecular weight is 386 g/mol. The Balaban J connectivity index is 1.74. The summed E-state index contributed by atoms with van der Waals surface area (Å²) in [7, 11) is 1.41. The predicted octanol–water partition coefficient (Wildman–Crippen LogP) is 4.92. The molecule has 0 saturated carbocycles. The van der Waals surface area contributed by atoms with Crippen LogP contribution in [-0.2, 0) is 16.0 Å². The number of benzene rings is 3. The second-order valence-electron chi connectivity index (χ2n) is 7.12. The predicted molar refractivity (Wildman–Crippen MR) is 117 cm³/mol. The van der Waals surface area contributed by atoms with E-state index in [4.69, 9.17) is 15.9 Å². The lowest BCUT2D eigenvalue weighted by Gasteiger charge is -2.17. The fraction of sp³-hybridized carbons (Fsp3) is 0.200. The van der Waals surface area contributed by atoms with Crippen LogP contribution >= 0.6 is 0 Å². The van der Waals surface area contributed by atoms with Crippen molar-refractivity contribution in [3.8, 4) is 11.1 Å². The number of nitrogens with two attached hydrogens (primary N) is 1. The molecule has 0 aliphatic carbocycles. The molecule has 0 saturated heterocycles. The van der Waals surface area contributed by atoms with Crippen molar-refractivity contribution in [2.45, 2.75) is 25.2 Å². The van der Waals surface area contributed by atoms with E-state index < -0.39 is 0 Å². The molecular weight excluding hydrogens is 360 g/mol. The maximum Gasteiger partial charge on any atom is 0.306 e. The highest BCUT2D eigenvalue weighted by Crippen LogP contribution is 2.27. The molecule has 0 fully saturated rings. The number of rotatable bonds is 8. The molecule has 3 aromatic rings. The van der Waals surface area contributed by atoms with Crippen LogP contribution in [0.4, 0.5) is 0 Å². The van der Waals surface area contributed by atoms with Crippen molar-refractivity contribution in [2.75, 3.05) is 7.11 Å². The number of ether oxygens (including phenoxy) is 1. The van der Waals surface area contributed by atoms with Gasteiger partial charge in [0.1, 0.15) is 5.84 Å². The molecule has 4 nitrogen and oxygen atoms in total. The monoisotopic (exact) mass is 386 g/mol. The van der Waals surface area contributed by atoms with E-state index in [0.717, 1.165) is 18.4 Å². The third-order valence-electron chi connectivity index (χ3n) is 5.15. The van der Waals surface area contributed by atoms with Gasteiger partial charge in [-0.2, -0.15) is 0 Å². The van der Waals surface area contributed by atoms with Crippen LogP contribution in [0.3, 0.4) is 0 Å². The third-order valence-corrected chi connectivity index (χ3v) is 5.15. The minimum atomic E-state index is -0.234. The van der Waals surface area contributed by atoms with Crippen molar-refractivity contribution in [3.63, 3.8) is 0 Å². The topological polar surface area (TPSA) is 76.2 Å². The van der Waals surface area contributed by atoms with Crippen LogP contribution in [0, 0.1) is 5.41 Å². The summed E-state index contributed by atoms with van der Waals surface area (Å²) in [6, 6.07) is 26.4. The molecule has 0 heterocycles. The first kappa shape index (κ1) is 20.3. The first-order valence-corrected chi connectivity index (χ1v) is 9.72. The van der Waals surface area contributed by atoms with Gasteiger partial charge in [-0.25, -0.2) is 0 Å². The number of amidine groups is 1. The van der Waals surface area contributed by atoms with Gasteiger partial charge in [0.15, 0.2) is 0 Å². The van der Waals surface area contributed by atoms with Crippen LogP contribution < -0.4 is 5.73 Å². The van der Waals surface area contributed by atoms with Crippen LogP contribution in [0.15, 0.2) is 78.9 Å². The normalized spacial score (nSPS) is 11.6. The lowest BCUT2D eigenvalue weighted by Crippen LogP contribution is -2.13. The summed E-state index contributed by atoms with van der Waals surface area (Å²) in [5.41, 5.74) is 10.9. The van der Waals surface area contributed by atoms with Gasteiger partial charge in [-0.1, -0.05) is 72.8 Å². The molecule has 1 atom stereocenters. The van der Waals surface area contributed by atoms with Gasteiger partial charge in [0.2, 0.25) is 0 Å². The molecule has 29 heavy (non-hydrogen) atoms. The zero-order valence-electron chi connectivity index (χ0n) is 16.6. The quantitative estimate of drug-likeness (QED) is 0.328. The van der Waals surface area contributed by atoms with Crippen molar-refractivity contribution in [1.82, 2.24) is 0 Å². The Bertz CT molecular complexity index is 966. The summed E-state index contributed by atoms with van der Waals surface area (Å²) < 4.78 is 4.89. The minimum Gasteiger partial charge on any atom is -0.469 e. The molecule has 0 aliphatic heterocycles. The molecule has 3 rings (SSSR count). The van der Waals surface area contributed by atoms with Crippen molar-refractivity contribution < 1.29 is 9.53 Å². The van der Waals surface area contributed by atoms with Crippen LogP contribution in [0.1, 0.15) is 35.4 Å². The van der Waals surface area contributed by atoms with E-state index in [0.29, 0.717) is 12.0 Å². The van der Waals surface area contributed by atoms with Gasteiger partial charge < -0.3 is 10.5 Å². The Kier molecular flexibility index (Phi) is 6.80. The number of carbonyl (C=O) groups is 1. The molecule has 0 spiro atoms. The van der Waals surface area contributed by atoms with Gasteiger partial charge in [-0.05, 0) is 47.1 Å². The molecule has 3 N–H and O–H groups in total. The molecule has 0 bridgehead atoms. The molecule has 0 amide bonds. The van der Waals surface area contributed by atoms with Crippen LogP contribution in [0.2, 0.25) is 0 Å². The van der Waals surface area contributed by atoms with Gasteiger partial charge in [0, 0.05) is 5.56 Å². The molecular formula is C25H26N2O2. The van der Waals surface area contributed by atoms with E-state index in [-0.39, 0.29) is 17.7 Å². The number of aryl methyl sites for hydroxylation is 1. The third kappa shape index (κ3) is 5.55. The lowest BCUT2D eigenvalue weighted by atomic mass is 9.88. The Morgan fingerprint density at radius 3 is 2.31 bits per heavy atom. The van der Waals surface area contributed by atoms with Crippen molar-refractivity contribution in [3.05, 3.63) is 95.6 Å². The van der Waals surface area contributed by atoms with Gasteiger partial charge in [-0.15, -0.1) is 0 Å². The molecule has 3 aromatic carbocycles. The largest absolute Gasteiger partial charge is 0.469 e. The fourth-order valence-corrected chi connectivity index (χ4v) is 3.47. The number of esters is 1. The number of nitrogens with one attached hydrogen (secondary N) is 1. The second kappa shape index (κ2) is 9.69. The van der Waals surface area contributed by atoms with Gasteiger partial charge in [-0.3, -0.25) is 10.2 Å². The number of hydrogen-bond acceptors (Lipinski definition) is 3. The van der Waals surface area contributed by atoms with Gasteiger partial charge in [0.05, 0.1) is 13.5 Å². The summed E-state index contributed by atoms with van der Waals surface area (Å²) in [6.07, 6.45) is 1.96. The zero-order valence-corrected chi connectivity index (χ0v) is 16.6. The van der Waals surface area contributed by atoms with Gasteiger partial charge >= 0.3 is 5.97 Å². The van der Waals surface area contributed by atoms with Crippen molar-refractivity contribution in [2.24, 2.45) is 5.73 Å². The fourth-order valence-electron chi connectivity index (χ4n) is 3.47. The maximum absolute atomic E-state index is 11.9. The Labute approximate surface area is 171 Å². The first-order chi connectivity index (χ1) is 14.1. The van der Waals surface area contributed by atoms with Crippen molar-refractivity contribution in [1.29, 1.82) is 5.41 Å². The number of methoxy groups -OCH3 is 1. The van der Waals surface area contributed by atoms with E-state index in [9.17, 15) is 4.79 Å². The SMILES string of the molecule is COC(=O)CC(CCc1ccc(-c2ccccc2)cc1)c1cccc(C(=N)N)c1. The van der Waals surface area contributed by atoms with Crippen LogP contribution in [0.25, 0.3) is 11.1 Å². The zero-order chi connectivity index (χ0) is 20.6. The smallest absolute Gasteiger partial charge is 0.306 e. The first-order valence-electron chi connectivity index (χ1n) is 9.72. The Morgan fingerprint density at radius 2 is 1.66 bits per heavy atom. The highest BCUT2D eigenvalue weighted by molar-refractivity contribution is 5.95. The van der Waals surface area contributed by atoms with E-state index in [1.807, 2.05) is 42.5 Å². The molecule has 1 unspecified atom stereocenters. The van der Waals surface area contributed by atoms with E-state index in [2.05, 4.69) is 36.4 Å².